The molecule has 0 spiro atoms. The van der Waals surface area contributed by atoms with Crippen LogP contribution in [0, 0.1) is 11.3 Å². The fourth-order valence-electron chi connectivity index (χ4n) is 3.67. The van der Waals surface area contributed by atoms with Crippen molar-refractivity contribution in [3.8, 4) is 5.75 Å². The van der Waals surface area contributed by atoms with Crippen LogP contribution in [0.2, 0.25) is 0 Å². The summed E-state index contributed by atoms with van der Waals surface area (Å²) in [5.74, 6) is -3.26. The molecule has 0 saturated carbocycles. The molecule has 3 atom stereocenters. The summed E-state index contributed by atoms with van der Waals surface area (Å²) in [5, 5.41) is 0. The van der Waals surface area contributed by atoms with Gasteiger partial charge in [-0.1, -0.05) is 18.2 Å². The molecule has 0 aromatic heterocycles. The molecule has 0 unspecified atom stereocenters. The van der Waals surface area contributed by atoms with E-state index in [1.807, 2.05) is 0 Å². The van der Waals surface area contributed by atoms with Gasteiger partial charge in [0, 0.05) is 0 Å². The van der Waals surface area contributed by atoms with E-state index in [0.717, 1.165) is 14.2 Å². The van der Waals surface area contributed by atoms with Crippen molar-refractivity contribution in [2.24, 2.45) is 11.3 Å². The number of methoxy groups -OCH3 is 2. The highest BCUT2D eigenvalue weighted by atomic mass is 16.7. The van der Waals surface area contributed by atoms with Gasteiger partial charge in [-0.25, -0.2) is 0 Å². The first-order valence-electron chi connectivity index (χ1n) is 7.65. The quantitative estimate of drug-likeness (QED) is 0.466. The topological polar surface area (TPSA) is 88.1 Å². The highest BCUT2D eigenvalue weighted by molar-refractivity contribution is 6.12. The zero-order chi connectivity index (χ0) is 18.4. The molecule has 2 aliphatic rings. The minimum atomic E-state index is -2.06. The number of hydrogen-bond donors (Lipinski definition) is 0. The number of esters is 2. The van der Waals surface area contributed by atoms with Gasteiger partial charge in [0.2, 0.25) is 11.7 Å². The van der Waals surface area contributed by atoms with Crippen LogP contribution in [0.15, 0.2) is 36.9 Å². The Morgan fingerprint density at radius 1 is 1.20 bits per heavy atom. The molecular weight excluding hydrogens is 328 g/mol. The number of carbonyl (C=O) groups excluding carboxylic acids is 3. The Morgan fingerprint density at radius 2 is 1.80 bits per heavy atom. The zero-order valence-electron chi connectivity index (χ0n) is 14.1. The number of para-hydroxylation sites is 1. The Kier molecular flexibility index (Phi) is 3.91. The number of fused-ring (bicyclic) bond motifs is 2. The molecular formula is C18H18O7. The van der Waals surface area contributed by atoms with Crippen molar-refractivity contribution in [3.63, 3.8) is 0 Å². The minimum Gasteiger partial charge on any atom is -0.468 e. The second kappa shape index (κ2) is 5.70. The monoisotopic (exact) mass is 346 g/mol. The summed E-state index contributed by atoms with van der Waals surface area (Å²) in [4.78, 5) is 38.7. The maximum Gasteiger partial charge on any atom is 0.327 e. The molecule has 1 aromatic carbocycles. The van der Waals surface area contributed by atoms with Gasteiger partial charge >= 0.3 is 11.9 Å². The zero-order valence-corrected chi connectivity index (χ0v) is 14.1. The predicted octanol–water partition coefficient (Wildman–Crippen LogP) is 1.51. The van der Waals surface area contributed by atoms with E-state index < -0.39 is 40.9 Å². The first-order valence-corrected chi connectivity index (χ1v) is 7.65. The SMILES string of the molecule is C=C[C@@]1(C)O[C@H]2Oc3ccccc3C(=O)[C@@H]2C1(C(=O)OC)C(=O)OC. The normalized spacial score (nSPS) is 29.0. The summed E-state index contributed by atoms with van der Waals surface area (Å²) in [7, 11) is 2.26. The van der Waals surface area contributed by atoms with Gasteiger partial charge in [0.25, 0.3) is 0 Å². The molecule has 132 valence electrons. The molecule has 2 aliphatic heterocycles. The van der Waals surface area contributed by atoms with Crippen molar-refractivity contribution in [2.45, 2.75) is 18.8 Å². The predicted molar refractivity (Wildman–Crippen MR) is 84.8 cm³/mol. The van der Waals surface area contributed by atoms with Crippen LogP contribution in [0.3, 0.4) is 0 Å². The van der Waals surface area contributed by atoms with E-state index in [1.165, 1.54) is 13.0 Å². The number of Topliss-reactive ketones (excluding diaryl/α,β-unsaturated/α-hetero) is 1. The number of ether oxygens (including phenoxy) is 4. The van der Waals surface area contributed by atoms with Crippen LogP contribution in [0.25, 0.3) is 0 Å². The summed E-state index contributed by atoms with van der Waals surface area (Å²) >= 11 is 0. The smallest absolute Gasteiger partial charge is 0.327 e. The molecule has 2 heterocycles. The summed E-state index contributed by atoms with van der Waals surface area (Å²) in [6.07, 6.45) is 0.143. The van der Waals surface area contributed by atoms with Gasteiger partial charge in [-0.05, 0) is 19.1 Å². The van der Waals surface area contributed by atoms with E-state index in [1.54, 1.807) is 24.3 Å². The average molecular weight is 346 g/mol. The Labute approximate surface area is 144 Å². The summed E-state index contributed by atoms with van der Waals surface area (Å²) < 4.78 is 21.3. The molecule has 0 N–H and O–H groups in total. The Hall–Kier alpha value is -2.67. The molecule has 7 heteroatoms. The standard InChI is InChI=1S/C18H18O7/c1-5-17(2)18(15(20)22-3,16(21)23-4)12-13(19)10-8-6-7-9-11(10)24-14(12)25-17/h5-9,12,14H,1H2,2-4H3/t12-,14+,17+/m0/s1. The van der Waals surface area contributed by atoms with Crippen molar-refractivity contribution in [3.05, 3.63) is 42.5 Å². The number of rotatable bonds is 3. The van der Waals surface area contributed by atoms with Crippen molar-refractivity contribution in [1.82, 2.24) is 0 Å². The number of ketones is 1. The lowest BCUT2D eigenvalue weighted by Crippen LogP contribution is -2.59. The third-order valence-electron chi connectivity index (χ3n) is 4.97. The molecule has 0 aliphatic carbocycles. The molecule has 0 amide bonds. The van der Waals surface area contributed by atoms with E-state index in [0.29, 0.717) is 5.75 Å². The van der Waals surface area contributed by atoms with Crippen LogP contribution in [0.4, 0.5) is 0 Å². The lowest BCUT2D eigenvalue weighted by atomic mass is 9.63. The van der Waals surface area contributed by atoms with Crippen LogP contribution < -0.4 is 4.74 Å². The van der Waals surface area contributed by atoms with Gasteiger partial charge in [-0.2, -0.15) is 0 Å². The van der Waals surface area contributed by atoms with Crippen molar-refractivity contribution in [1.29, 1.82) is 0 Å². The summed E-state index contributed by atoms with van der Waals surface area (Å²) in [5.41, 5.74) is -3.36. The largest absolute Gasteiger partial charge is 0.468 e. The van der Waals surface area contributed by atoms with E-state index in [2.05, 4.69) is 6.58 Å². The lowest BCUT2D eigenvalue weighted by molar-refractivity contribution is -0.180. The average Bonchev–Trinajstić information content (AvgIpc) is 2.90. The van der Waals surface area contributed by atoms with Gasteiger partial charge in [-0.15, -0.1) is 6.58 Å². The molecule has 25 heavy (non-hydrogen) atoms. The van der Waals surface area contributed by atoms with Crippen LogP contribution in [-0.2, 0) is 23.8 Å². The second-order valence-corrected chi connectivity index (χ2v) is 6.04. The van der Waals surface area contributed by atoms with Crippen molar-refractivity contribution in [2.75, 3.05) is 14.2 Å². The number of carbonyl (C=O) groups is 3. The van der Waals surface area contributed by atoms with Gasteiger partial charge in [-0.3, -0.25) is 14.4 Å². The highest BCUT2D eigenvalue weighted by Crippen LogP contribution is 2.56. The Bertz CT molecular complexity index is 752. The molecule has 7 nitrogen and oxygen atoms in total. The van der Waals surface area contributed by atoms with Gasteiger partial charge in [0.05, 0.1) is 19.8 Å². The van der Waals surface area contributed by atoms with Crippen LogP contribution in [-0.4, -0.2) is 43.8 Å². The van der Waals surface area contributed by atoms with Crippen molar-refractivity contribution < 1.29 is 33.3 Å². The van der Waals surface area contributed by atoms with Crippen LogP contribution in [0.1, 0.15) is 17.3 Å². The maximum absolute atomic E-state index is 13.1. The molecule has 1 saturated heterocycles. The van der Waals surface area contributed by atoms with Crippen LogP contribution >= 0.6 is 0 Å². The Balaban J connectivity index is 2.28. The molecule has 1 fully saturated rings. The number of benzene rings is 1. The van der Waals surface area contributed by atoms with E-state index in [4.69, 9.17) is 18.9 Å². The second-order valence-electron chi connectivity index (χ2n) is 6.04. The molecule has 0 radical (unpaired) electrons. The fourth-order valence-corrected chi connectivity index (χ4v) is 3.67. The van der Waals surface area contributed by atoms with Gasteiger partial charge in [0.1, 0.15) is 17.3 Å². The first-order chi connectivity index (χ1) is 11.9. The van der Waals surface area contributed by atoms with Gasteiger partial charge < -0.3 is 18.9 Å². The lowest BCUT2D eigenvalue weighted by Gasteiger charge is -2.37. The van der Waals surface area contributed by atoms with Gasteiger partial charge in [0.15, 0.2) is 5.78 Å². The maximum atomic E-state index is 13.1. The molecule has 3 rings (SSSR count). The van der Waals surface area contributed by atoms with E-state index in [9.17, 15) is 14.4 Å². The van der Waals surface area contributed by atoms with Crippen molar-refractivity contribution >= 4 is 17.7 Å². The third-order valence-corrected chi connectivity index (χ3v) is 4.97. The molecule has 0 bridgehead atoms. The number of hydrogen-bond acceptors (Lipinski definition) is 7. The Morgan fingerprint density at radius 3 is 2.36 bits per heavy atom. The first kappa shape index (κ1) is 17.2. The highest BCUT2D eigenvalue weighted by Gasteiger charge is 2.76. The molecule has 1 aromatic rings. The third kappa shape index (κ3) is 1.99. The fraction of sp³-hybridized carbons (Fsp3) is 0.389. The van der Waals surface area contributed by atoms with E-state index >= 15 is 0 Å². The van der Waals surface area contributed by atoms with E-state index in [-0.39, 0.29) is 5.56 Å². The summed E-state index contributed by atoms with van der Waals surface area (Å²) in [6.45, 7) is 5.15. The summed E-state index contributed by atoms with van der Waals surface area (Å²) in [6, 6.07) is 6.56. The minimum absolute atomic E-state index is 0.262. The van der Waals surface area contributed by atoms with Crippen LogP contribution in [0.5, 0.6) is 5.75 Å².